The summed E-state index contributed by atoms with van der Waals surface area (Å²) in [5.41, 5.74) is 4.23. The molecule has 0 N–H and O–H groups in total. The molecule has 0 spiro atoms. The van der Waals surface area contributed by atoms with Crippen molar-refractivity contribution in [2.24, 2.45) is 0 Å². The summed E-state index contributed by atoms with van der Waals surface area (Å²) >= 11 is 0. The molecule has 135 valence electrons. The fourth-order valence-corrected chi connectivity index (χ4v) is 4.54. The van der Waals surface area contributed by atoms with Gasteiger partial charge in [-0.3, -0.25) is 0 Å². The first kappa shape index (κ1) is 16.9. The second-order valence-electron chi connectivity index (χ2n) is 7.17. The van der Waals surface area contributed by atoms with Crippen molar-refractivity contribution in [3.63, 3.8) is 0 Å². The molecule has 1 atom stereocenters. The third kappa shape index (κ3) is 2.36. The Balaban J connectivity index is 1.85. The van der Waals surface area contributed by atoms with E-state index in [0.29, 0.717) is 0 Å². The van der Waals surface area contributed by atoms with Crippen LogP contribution < -0.4 is 0 Å². The molecule has 2 nitrogen and oxygen atoms in total. The minimum absolute atomic E-state index is 0.349. The molecule has 1 heterocycles. The molecule has 4 aromatic carbocycles. The van der Waals surface area contributed by atoms with Crippen LogP contribution in [0.1, 0.15) is 33.9 Å². The van der Waals surface area contributed by atoms with E-state index >= 15 is 0 Å². The van der Waals surface area contributed by atoms with E-state index < -0.39 is 5.54 Å². The maximum atomic E-state index is 14.2. The number of fused-ring (bicyclic) bond motifs is 1. The normalized spacial score (nSPS) is 18.0. The molecule has 0 saturated heterocycles. The minimum atomic E-state index is -0.875. The average molecular weight is 362 g/mol. The highest BCUT2D eigenvalue weighted by atomic mass is 16.5. The van der Waals surface area contributed by atoms with Gasteiger partial charge in [0.15, 0.2) is 0 Å². The van der Waals surface area contributed by atoms with Gasteiger partial charge >= 0.3 is 0 Å². The molecule has 1 unspecified atom stereocenters. The summed E-state index contributed by atoms with van der Waals surface area (Å²) in [7, 11) is 0. The molecular weight excluding hydrogens is 342 g/mol. The Morgan fingerprint density at radius 2 is 1.04 bits per heavy atom. The van der Waals surface area contributed by atoms with Gasteiger partial charge in [0.1, 0.15) is 5.54 Å². The van der Waals surface area contributed by atoms with Crippen molar-refractivity contribution in [1.29, 1.82) is 0 Å². The predicted octanol–water partition coefficient (Wildman–Crippen LogP) is 5.73. The van der Waals surface area contributed by atoms with Crippen molar-refractivity contribution in [3.05, 3.63) is 143 Å². The third-order valence-electron chi connectivity index (χ3n) is 5.71. The van der Waals surface area contributed by atoms with E-state index in [4.69, 9.17) is 0 Å². The molecule has 0 bridgehead atoms. The molecule has 28 heavy (non-hydrogen) atoms. The van der Waals surface area contributed by atoms with Crippen LogP contribution in [0.5, 0.6) is 0 Å². The van der Waals surface area contributed by atoms with E-state index in [1.54, 1.807) is 0 Å². The number of nitrogens with zero attached hydrogens (tertiary/aromatic N) is 1. The summed E-state index contributed by atoms with van der Waals surface area (Å²) in [6.07, 6.45) is 0. The van der Waals surface area contributed by atoms with Crippen molar-refractivity contribution in [1.82, 2.24) is 5.06 Å². The molecule has 2 heteroatoms. The topological polar surface area (TPSA) is 23.1 Å². The molecule has 1 aliphatic heterocycles. The second kappa shape index (κ2) is 6.75. The molecule has 0 amide bonds. The Hall–Kier alpha value is -3.20. The van der Waals surface area contributed by atoms with Gasteiger partial charge in [0.2, 0.25) is 0 Å². The van der Waals surface area contributed by atoms with Crippen LogP contribution in [0, 0.1) is 0 Å². The largest absolute Gasteiger partial charge is 0.126 e. The molecule has 0 aliphatic carbocycles. The minimum Gasteiger partial charge on any atom is -0.124 e. The molecular formula is C26H20NO. The Morgan fingerprint density at radius 3 is 1.61 bits per heavy atom. The van der Waals surface area contributed by atoms with Gasteiger partial charge in [-0.15, -0.1) is 10.3 Å². The predicted molar refractivity (Wildman–Crippen MR) is 110 cm³/mol. The van der Waals surface area contributed by atoms with Gasteiger partial charge in [-0.1, -0.05) is 115 Å². The monoisotopic (exact) mass is 362 g/mol. The van der Waals surface area contributed by atoms with E-state index in [-0.39, 0.29) is 6.04 Å². The Bertz CT molecular complexity index is 1040. The summed E-state index contributed by atoms with van der Waals surface area (Å²) in [5, 5.41) is 15.5. The maximum Gasteiger partial charge on any atom is 0.126 e. The smallest absolute Gasteiger partial charge is 0.124 e. The molecule has 4 aromatic rings. The SMILES string of the molecule is [O]N1C(c2ccccc2)c2ccccc2C1(c1ccccc1)c1ccccc1. The summed E-state index contributed by atoms with van der Waals surface area (Å²) in [6.45, 7) is 0. The van der Waals surface area contributed by atoms with E-state index in [2.05, 4.69) is 36.4 Å². The zero-order valence-corrected chi connectivity index (χ0v) is 15.4. The molecule has 1 aliphatic rings. The van der Waals surface area contributed by atoms with Crippen LogP contribution in [-0.2, 0) is 10.7 Å². The lowest BCUT2D eigenvalue weighted by molar-refractivity contribution is -0.217. The van der Waals surface area contributed by atoms with Gasteiger partial charge in [-0.05, 0) is 27.8 Å². The van der Waals surface area contributed by atoms with Crippen LogP contribution in [0.2, 0.25) is 0 Å². The fourth-order valence-electron chi connectivity index (χ4n) is 4.54. The number of hydrogen-bond acceptors (Lipinski definition) is 1. The molecule has 0 aromatic heterocycles. The zero-order chi connectivity index (χ0) is 19.0. The fraction of sp³-hybridized carbons (Fsp3) is 0.0769. The van der Waals surface area contributed by atoms with Gasteiger partial charge in [-0.2, -0.15) is 0 Å². The number of benzene rings is 4. The third-order valence-corrected chi connectivity index (χ3v) is 5.71. The van der Waals surface area contributed by atoms with Crippen molar-refractivity contribution in [3.8, 4) is 0 Å². The van der Waals surface area contributed by atoms with E-state index in [9.17, 15) is 5.21 Å². The molecule has 5 rings (SSSR count). The first-order chi connectivity index (χ1) is 13.8. The summed E-state index contributed by atoms with van der Waals surface area (Å²) in [4.78, 5) is 0. The van der Waals surface area contributed by atoms with Gasteiger partial charge < -0.3 is 0 Å². The van der Waals surface area contributed by atoms with E-state index in [1.165, 1.54) is 5.06 Å². The lowest BCUT2D eigenvalue weighted by Crippen LogP contribution is -2.42. The Morgan fingerprint density at radius 1 is 0.571 bits per heavy atom. The van der Waals surface area contributed by atoms with Crippen LogP contribution in [0.15, 0.2) is 115 Å². The second-order valence-corrected chi connectivity index (χ2v) is 7.17. The number of hydroxylamine groups is 2. The molecule has 1 radical (unpaired) electrons. The lowest BCUT2D eigenvalue weighted by atomic mass is 9.78. The van der Waals surface area contributed by atoms with Crippen LogP contribution in [0.3, 0.4) is 0 Å². The zero-order valence-electron chi connectivity index (χ0n) is 15.4. The van der Waals surface area contributed by atoms with Crippen molar-refractivity contribution in [2.45, 2.75) is 11.6 Å². The quantitative estimate of drug-likeness (QED) is 0.456. The number of rotatable bonds is 3. The average Bonchev–Trinajstić information content (AvgIpc) is 3.04. The summed E-state index contributed by atoms with van der Waals surface area (Å²) in [5.74, 6) is 0. The number of hydrogen-bond donors (Lipinski definition) is 0. The highest BCUT2D eigenvalue weighted by Gasteiger charge is 2.53. The van der Waals surface area contributed by atoms with Crippen molar-refractivity contribution < 1.29 is 5.21 Å². The summed E-state index contributed by atoms with van der Waals surface area (Å²) < 4.78 is 0. The van der Waals surface area contributed by atoms with E-state index in [0.717, 1.165) is 27.8 Å². The lowest BCUT2D eigenvalue weighted by Gasteiger charge is -2.37. The van der Waals surface area contributed by atoms with Crippen molar-refractivity contribution in [2.75, 3.05) is 0 Å². The molecule has 0 fully saturated rings. The highest BCUT2D eigenvalue weighted by molar-refractivity contribution is 5.58. The Labute approximate surface area is 165 Å². The first-order valence-electron chi connectivity index (χ1n) is 9.55. The van der Waals surface area contributed by atoms with Crippen LogP contribution in [0.25, 0.3) is 0 Å². The maximum absolute atomic E-state index is 14.2. The summed E-state index contributed by atoms with van der Waals surface area (Å²) in [6, 6.07) is 38.2. The first-order valence-corrected chi connectivity index (χ1v) is 9.55. The van der Waals surface area contributed by atoms with Gasteiger partial charge in [0.25, 0.3) is 0 Å². The Kier molecular flexibility index (Phi) is 4.09. The van der Waals surface area contributed by atoms with Gasteiger partial charge in [0.05, 0.1) is 6.04 Å². The van der Waals surface area contributed by atoms with E-state index in [1.807, 2.05) is 78.9 Å². The van der Waals surface area contributed by atoms with Gasteiger partial charge in [-0.25, -0.2) is 0 Å². The van der Waals surface area contributed by atoms with Crippen molar-refractivity contribution >= 4 is 0 Å². The van der Waals surface area contributed by atoms with Crippen LogP contribution in [0.4, 0.5) is 0 Å². The molecule has 0 saturated carbocycles. The van der Waals surface area contributed by atoms with Crippen LogP contribution in [-0.4, -0.2) is 5.06 Å². The van der Waals surface area contributed by atoms with Gasteiger partial charge in [0, 0.05) is 0 Å². The standard InChI is InChI=1S/C26H20NO/c28-27-25(20-12-4-1-5-13-20)23-18-10-11-19-24(23)26(27,21-14-6-2-7-15-21)22-16-8-3-9-17-22/h1-19,25H. The highest BCUT2D eigenvalue weighted by Crippen LogP contribution is 2.54. The van der Waals surface area contributed by atoms with Crippen LogP contribution >= 0.6 is 0 Å².